The average molecular weight is 376 g/mol. The van der Waals surface area contributed by atoms with Gasteiger partial charge < -0.3 is 4.74 Å². The van der Waals surface area contributed by atoms with E-state index in [1.807, 2.05) is 13.8 Å². The van der Waals surface area contributed by atoms with Gasteiger partial charge in [0.2, 0.25) is 10.0 Å². The first-order valence-corrected chi connectivity index (χ1v) is 10.2. The van der Waals surface area contributed by atoms with Crippen LogP contribution in [0.5, 0.6) is 5.75 Å². The Morgan fingerprint density at radius 3 is 2.33 bits per heavy atom. The second-order valence-corrected chi connectivity index (χ2v) is 10.1. The fourth-order valence-electron chi connectivity index (χ4n) is 2.87. The Kier molecular flexibility index (Phi) is 7.15. The number of rotatable bonds is 8. The van der Waals surface area contributed by atoms with Gasteiger partial charge in [-0.05, 0) is 44.2 Å². The number of hydrogen-bond donors (Lipinski definition) is 1. The summed E-state index contributed by atoms with van der Waals surface area (Å²) >= 11 is 6.11. The summed E-state index contributed by atoms with van der Waals surface area (Å²) < 4.78 is 33.8. The van der Waals surface area contributed by atoms with Crippen molar-refractivity contribution < 1.29 is 13.2 Å². The Labute approximate surface area is 152 Å². The molecular weight excluding hydrogens is 346 g/mol. The van der Waals surface area contributed by atoms with Gasteiger partial charge in [-0.15, -0.1) is 0 Å². The molecule has 0 aromatic heterocycles. The highest BCUT2D eigenvalue weighted by Gasteiger charge is 2.30. The van der Waals surface area contributed by atoms with Gasteiger partial charge in [-0.2, -0.15) is 0 Å². The molecule has 1 aromatic carbocycles. The molecule has 24 heavy (non-hydrogen) atoms. The van der Waals surface area contributed by atoms with E-state index >= 15 is 0 Å². The van der Waals surface area contributed by atoms with E-state index in [-0.39, 0.29) is 10.3 Å². The van der Waals surface area contributed by atoms with E-state index in [1.54, 1.807) is 6.07 Å². The van der Waals surface area contributed by atoms with Gasteiger partial charge in [0.15, 0.2) is 0 Å². The van der Waals surface area contributed by atoms with E-state index in [0.29, 0.717) is 23.8 Å². The second kappa shape index (κ2) is 8.07. The van der Waals surface area contributed by atoms with Crippen LogP contribution in [-0.4, -0.2) is 20.6 Å². The minimum Gasteiger partial charge on any atom is -0.492 e. The van der Waals surface area contributed by atoms with Crippen molar-refractivity contribution in [3.05, 3.63) is 23.2 Å². The predicted octanol–water partition coefficient (Wildman–Crippen LogP) is 5.01. The van der Waals surface area contributed by atoms with Gasteiger partial charge in [0.1, 0.15) is 5.75 Å². The summed E-state index contributed by atoms with van der Waals surface area (Å²) in [4.78, 5) is 0.167. The molecule has 1 rings (SSSR count). The first-order chi connectivity index (χ1) is 10.9. The molecular formula is C18H30ClNO3S. The molecule has 0 aliphatic heterocycles. The normalized spacial score (nSPS) is 13.1. The lowest BCUT2D eigenvalue weighted by molar-refractivity contribution is 0.269. The third kappa shape index (κ3) is 6.99. The zero-order valence-electron chi connectivity index (χ0n) is 15.6. The molecule has 0 radical (unpaired) electrons. The highest BCUT2D eigenvalue weighted by molar-refractivity contribution is 7.89. The Morgan fingerprint density at radius 1 is 1.17 bits per heavy atom. The smallest absolute Gasteiger partial charge is 0.241 e. The molecule has 0 aliphatic carbocycles. The molecule has 0 saturated heterocycles. The van der Waals surface area contributed by atoms with Crippen LogP contribution in [-0.2, 0) is 10.0 Å². The van der Waals surface area contributed by atoms with E-state index < -0.39 is 15.6 Å². The maximum Gasteiger partial charge on any atom is 0.241 e. The summed E-state index contributed by atoms with van der Waals surface area (Å²) in [6, 6.07) is 4.56. The van der Waals surface area contributed by atoms with Crippen LogP contribution >= 0.6 is 11.6 Å². The van der Waals surface area contributed by atoms with E-state index in [2.05, 4.69) is 32.4 Å². The minimum atomic E-state index is -3.65. The van der Waals surface area contributed by atoms with Crippen molar-refractivity contribution in [3.63, 3.8) is 0 Å². The molecule has 0 saturated carbocycles. The highest BCUT2D eigenvalue weighted by Crippen LogP contribution is 2.31. The second-order valence-electron chi connectivity index (χ2n) is 8.02. The number of unbranched alkanes of at least 4 members (excludes halogenated alkanes) is 1. The summed E-state index contributed by atoms with van der Waals surface area (Å²) in [5, 5.41) is 0.416. The van der Waals surface area contributed by atoms with Crippen molar-refractivity contribution in [2.45, 2.75) is 71.2 Å². The van der Waals surface area contributed by atoms with Gasteiger partial charge in [0.05, 0.1) is 16.5 Å². The molecule has 0 heterocycles. The van der Waals surface area contributed by atoms with Gasteiger partial charge in [-0.25, -0.2) is 13.1 Å². The van der Waals surface area contributed by atoms with E-state index in [9.17, 15) is 8.42 Å². The number of hydrogen-bond acceptors (Lipinski definition) is 3. The Hall–Kier alpha value is -0.780. The van der Waals surface area contributed by atoms with Crippen LogP contribution in [0, 0.1) is 5.41 Å². The highest BCUT2D eigenvalue weighted by atomic mass is 35.5. The molecule has 0 atom stereocenters. The van der Waals surface area contributed by atoms with Crippen LogP contribution in [0.25, 0.3) is 0 Å². The van der Waals surface area contributed by atoms with Crippen LogP contribution in [0.1, 0.15) is 60.8 Å². The molecule has 1 aromatic rings. The zero-order valence-corrected chi connectivity index (χ0v) is 17.1. The third-order valence-corrected chi connectivity index (χ3v) is 5.36. The van der Waals surface area contributed by atoms with Crippen molar-refractivity contribution >= 4 is 21.6 Å². The van der Waals surface area contributed by atoms with Gasteiger partial charge >= 0.3 is 0 Å². The standard InChI is InChI=1S/C18H30ClNO3S/c1-7-8-11-23-16-12-14(9-10-15(16)19)24(21,22)20-18(5,6)13-17(2,3)4/h9-10,12,20H,7-8,11,13H2,1-6H3. The molecule has 138 valence electrons. The first-order valence-electron chi connectivity index (χ1n) is 8.33. The van der Waals surface area contributed by atoms with Crippen LogP contribution < -0.4 is 9.46 Å². The largest absolute Gasteiger partial charge is 0.492 e. The molecule has 0 unspecified atom stereocenters. The summed E-state index contributed by atoms with van der Waals surface area (Å²) in [6.45, 7) is 12.6. The third-order valence-electron chi connectivity index (χ3n) is 3.35. The summed E-state index contributed by atoms with van der Waals surface area (Å²) in [5.74, 6) is 0.404. The molecule has 0 spiro atoms. The van der Waals surface area contributed by atoms with Crippen LogP contribution in [0.3, 0.4) is 0 Å². The van der Waals surface area contributed by atoms with Crippen molar-refractivity contribution in [1.82, 2.24) is 4.72 Å². The number of nitrogens with one attached hydrogen (secondary N) is 1. The molecule has 0 fully saturated rings. The fourth-order valence-corrected chi connectivity index (χ4v) is 4.47. The average Bonchev–Trinajstić information content (AvgIpc) is 2.36. The Bertz CT molecular complexity index is 649. The summed E-state index contributed by atoms with van der Waals surface area (Å²) in [6.07, 6.45) is 2.61. The number of halogens is 1. The topological polar surface area (TPSA) is 55.4 Å². The number of ether oxygens (including phenoxy) is 1. The Balaban J connectivity index is 3.00. The molecule has 4 nitrogen and oxygen atoms in total. The molecule has 0 bridgehead atoms. The fraction of sp³-hybridized carbons (Fsp3) is 0.667. The van der Waals surface area contributed by atoms with E-state index in [4.69, 9.17) is 16.3 Å². The SMILES string of the molecule is CCCCOc1cc(S(=O)(=O)NC(C)(C)CC(C)(C)C)ccc1Cl. The lowest BCUT2D eigenvalue weighted by atomic mass is 9.82. The summed E-state index contributed by atoms with van der Waals surface area (Å²) in [5.41, 5.74) is -0.541. The van der Waals surface area contributed by atoms with Gasteiger partial charge in [0.25, 0.3) is 0 Å². The van der Waals surface area contributed by atoms with Crippen LogP contribution in [0.15, 0.2) is 23.1 Å². The van der Waals surface area contributed by atoms with Crippen molar-refractivity contribution in [3.8, 4) is 5.75 Å². The predicted molar refractivity (Wildman–Crippen MR) is 100 cm³/mol. The van der Waals surface area contributed by atoms with Crippen molar-refractivity contribution in [1.29, 1.82) is 0 Å². The minimum absolute atomic E-state index is 0.0143. The molecule has 1 N–H and O–H groups in total. The van der Waals surface area contributed by atoms with Gasteiger partial charge in [-0.3, -0.25) is 0 Å². The van der Waals surface area contributed by atoms with Gasteiger partial charge in [-0.1, -0.05) is 45.7 Å². The van der Waals surface area contributed by atoms with E-state index in [0.717, 1.165) is 12.8 Å². The Morgan fingerprint density at radius 2 is 1.79 bits per heavy atom. The lowest BCUT2D eigenvalue weighted by Crippen LogP contribution is -2.45. The maximum absolute atomic E-state index is 12.7. The quantitative estimate of drug-likeness (QED) is 0.649. The van der Waals surface area contributed by atoms with Gasteiger partial charge in [0, 0.05) is 11.6 Å². The molecule has 0 aliphatic rings. The van der Waals surface area contributed by atoms with Crippen LogP contribution in [0.2, 0.25) is 5.02 Å². The molecule has 6 heteroatoms. The zero-order chi connectivity index (χ0) is 18.6. The lowest BCUT2D eigenvalue weighted by Gasteiger charge is -2.33. The number of benzene rings is 1. The molecule has 0 amide bonds. The maximum atomic E-state index is 12.7. The van der Waals surface area contributed by atoms with E-state index in [1.165, 1.54) is 12.1 Å². The van der Waals surface area contributed by atoms with Crippen molar-refractivity contribution in [2.24, 2.45) is 5.41 Å². The summed E-state index contributed by atoms with van der Waals surface area (Å²) in [7, 11) is -3.65. The van der Waals surface area contributed by atoms with Crippen LogP contribution in [0.4, 0.5) is 0 Å². The van der Waals surface area contributed by atoms with Crippen molar-refractivity contribution in [2.75, 3.05) is 6.61 Å². The monoisotopic (exact) mass is 375 g/mol. The first kappa shape index (κ1) is 21.3. The number of sulfonamides is 1.